The first-order valence-electron chi connectivity index (χ1n) is 9.57. The molecule has 0 N–H and O–H groups in total. The SMILES string of the molecule is CCOc1ncccc1C(=O)N1Cc2nnc(C3CCOCC3)n2[C@@H](C)C1. The predicted octanol–water partition coefficient (Wildman–Crippen LogP) is 2.18. The monoisotopic (exact) mass is 371 g/mol. The van der Waals surface area contributed by atoms with Crippen LogP contribution in [-0.4, -0.2) is 56.9 Å². The molecular weight excluding hydrogens is 346 g/mol. The number of fused-ring (bicyclic) bond motifs is 1. The van der Waals surface area contributed by atoms with Gasteiger partial charge in [-0.05, 0) is 38.8 Å². The zero-order valence-corrected chi connectivity index (χ0v) is 15.8. The van der Waals surface area contributed by atoms with Gasteiger partial charge in [-0.3, -0.25) is 4.79 Å². The van der Waals surface area contributed by atoms with Crippen LogP contribution < -0.4 is 4.74 Å². The second kappa shape index (κ2) is 7.64. The minimum absolute atomic E-state index is 0.0831. The number of pyridine rings is 1. The fraction of sp³-hybridized carbons (Fsp3) is 0.579. The third kappa shape index (κ3) is 3.41. The van der Waals surface area contributed by atoms with Gasteiger partial charge in [0, 0.05) is 31.9 Å². The Morgan fingerprint density at radius 1 is 1.33 bits per heavy atom. The highest BCUT2D eigenvalue weighted by Crippen LogP contribution is 2.31. The maximum Gasteiger partial charge on any atom is 0.259 e. The molecule has 1 saturated heterocycles. The summed E-state index contributed by atoms with van der Waals surface area (Å²) in [5.41, 5.74) is 0.490. The summed E-state index contributed by atoms with van der Waals surface area (Å²) >= 11 is 0. The van der Waals surface area contributed by atoms with Gasteiger partial charge in [-0.25, -0.2) is 4.98 Å². The van der Waals surface area contributed by atoms with Crippen molar-refractivity contribution in [2.45, 2.75) is 45.2 Å². The van der Waals surface area contributed by atoms with E-state index in [1.54, 1.807) is 18.3 Å². The second-order valence-corrected chi connectivity index (χ2v) is 7.05. The third-order valence-electron chi connectivity index (χ3n) is 5.21. The van der Waals surface area contributed by atoms with Gasteiger partial charge in [-0.1, -0.05) is 0 Å². The van der Waals surface area contributed by atoms with E-state index in [9.17, 15) is 4.79 Å². The molecule has 144 valence electrons. The molecule has 0 spiro atoms. The van der Waals surface area contributed by atoms with E-state index in [4.69, 9.17) is 9.47 Å². The number of rotatable bonds is 4. The number of carbonyl (C=O) groups is 1. The van der Waals surface area contributed by atoms with Crippen molar-refractivity contribution in [3.63, 3.8) is 0 Å². The minimum atomic E-state index is -0.0831. The van der Waals surface area contributed by atoms with Crippen molar-refractivity contribution < 1.29 is 14.3 Å². The highest BCUT2D eigenvalue weighted by Gasteiger charge is 2.33. The summed E-state index contributed by atoms with van der Waals surface area (Å²) in [6.07, 6.45) is 3.58. The lowest BCUT2D eigenvalue weighted by Crippen LogP contribution is -2.41. The third-order valence-corrected chi connectivity index (χ3v) is 5.21. The van der Waals surface area contributed by atoms with Crippen molar-refractivity contribution in [1.29, 1.82) is 0 Å². The molecule has 1 atom stereocenters. The van der Waals surface area contributed by atoms with Crippen molar-refractivity contribution in [1.82, 2.24) is 24.6 Å². The van der Waals surface area contributed by atoms with E-state index in [2.05, 4.69) is 26.7 Å². The standard InChI is InChI=1S/C19H25N5O3/c1-3-27-18-15(5-4-8-20-18)19(25)23-11-13(2)24-16(12-23)21-22-17(24)14-6-9-26-10-7-14/h4-5,8,13-14H,3,6-7,9-12H2,1-2H3/t13-/m0/s1. The van der Waals surface area contributed by atoms with E-state index in [0.717, 1.165) is 37.7 Å². The molecule has 2 aliphatic rings. The molecule has 0 bridgehead atoms. The summed E-state index contributed by atoms with van der Waals surface area (Å²) in [4.78, 5) is 19.1. The first-order valence-corrected chi connectivity index (χ1v) is 9.57. The summed E-state index contributed by atoms with van der Waals surface area (Å²) < 4.78 is 13.2. The summed E-state index contributed by atoms with van der Waals surface area (Å²) in [6.45, 7) is 7.06. The lowest BCUT2D eigenvalue weighted by atomic mass is 9.98. The van der Waals surface area contributed by atoms with Gasteiger partial charge in [-0.15, -0.1) is 10.2 Å². The van der Waals surface area contributed by atoms with Gasteiger partial charge in [0.1, 0.15) is 11.4 Å². The van der Waals surface area contributed by atoms with Crippen LogP contribution >= 0.6 is 0 Å². The van der Waals surface area contributed by atoms with Crippen molar-refractivity contribution in [2.24, 2.45) is 0 Å². The van der Waals surface area contributed by atoms with Gasteiger partial charge >= 0.3 is 0 Å². The van der Waals surface area contributed by atoms with Crippen LogP contribution in [0.1, 0.15) is 60.7 Å². The number of aromatic nitrogens is 4. The molecule has 0 saturated carbocycles. The largest absolute Gasteiger partial charge is 0.477 e. The Morgan fingerprint density at radius 2 is 2.15 bits per heavy atom. The normalized spacial score (nSPS) is 20.4. The Bertz CT molecular complexity index is 815. The average molecular weight is 371 g/mol. The van der Waals surface area contributed by atoms with Gasteiger partial charge in [0.05, 0.1) is 19.2 Å². The molecule has 1 fully saturated rings. The van der Waals surface area contributed by atoms with E-state index in [0.29, 0.717) is 37.1 Å². The first kappa shape index (κ1) is 17.9. The highest BCUT2D eigenvalue weighted by atomic mass is 16.5. The molecule has 27 heavy (non-hydrogen) atoms. The lowest BCUT2D eigenvalue weighted by Gasteiger charge is -2.34. The Morgan fingerprint density at radius 3 is 2.93 bits per heavy atom. The van der Waals surface area contributed by atoms with Crippen LogP contribution in [0.15, 0.2) is 18.3 Å². The van der Waals surface area contributed by atoms with Gasteiger partial charge in [0.2, 0.25) is 5.88 Å². The molecule has 2 aliphatic heterocycles. The zero-order valence-electron chi connectivity index (χ0n) is 15.8. The van der Waals surface area contributed by atoms with Crippen LogP contribution in [0, 0.1) is 0 Å². The van der Waals surface area contributed by atoms with Gasteiger partial charge < -0.3 is 18.9 Å². The number of ether oxygens (including phenoxy) is 2. The zero-order chi connectivity index (χ0) is 18.8. The molecule has 4 heterocycles. The fourth-order valence-corrected chi connectivity index (χ4v) is 3.93. The molecule has 0 aromatic carbocycles. The van der Waals surface area contributed by atoms with Crippen LogP contribution in [0.3, 0.4) is 0 Å². The topological polar surface area (TPSA) is 82.4 Å². The highest BCUT2D eigenvalue weighted by molar-refractivity contribution is 5.96. The number of amides is 1. The number of hydrogen-bond acceptors (Lipinski definition) is 6. The van der Waals surface area contributed by atoms with Crippen molar-refractivity contribution >= 4 is 5.91 Å². The predicted molar refractivity (Wildman–Crippen MR) is 97.7 cm³/mol. The van der Waals surface area contributed by atoms with E-state index in [1.807, 2.05) is 11.8 Å². The summed E-state index contributed by atoms with van der Waals surface area (Å²) in [6, 6.07) is 3.64. The Kier molecular flexibility index (Phi) is 5.07. The van der Waals surface area contributed by atoms with E-state index < -0.39 is 0 Å². The molecule has 8 heteroatoms. The Labute approximate surface area is 158 Å². The van der Waals surface area contributed by atoms with Crippen LogP contribution in [-0.2, 0) is 11.3 Å². The smallest absolute Gasteiger partial charge is 0.259 e. The van der Waals surface area contributed by atoms with Crippen LogP contribution in [0.5, 0.6) is 5.88 Å². The number of hydrogen-bond donors (Lipinski definition) is 0. The number of carbonyl (C=O) groups excluding carboxylic acids is 1. The Hall–Kier alpha value is -2.48. The van der Waals surface area contributed by atoms with Gasteiger partial charge in [-0.2, -0.15) is 0 Å². The summed E-state index contributed by atoms with van der Waals surface area (Å²) in [5, 5.41) is 8.87. The minimum Gasteiger partial charge on any atom is -0.477 e. The quantitative estimate of drug-likeness (QED) is 0.819. The second-order valence-electron chi connectivity index (χ2n) is 7.05. The lowest BCUT2D eigenvalue weighted by molar-refractivity contribution is 0.0664. The van der Waals surface area contributed by atoms with E-state index in [-0.39, 0.29) is 11.9 Å². The van der Waals surface area contributed by atoms with Crippen molar-refractivity contribution in [3.05, 3.63) is 35.5 Å². The van der Waals surface area contributed by atoms with Crippen molar-refractivity contribution in [3.8, 4) is 5.88 Å². The molecule has 0 radical (unpaired) electrons. The van der Waals surface area contributed by atoms with E-state index >= 15 is 0 Å². The Balaban J connectivity index is 1.57. The van der Waals surface area contributed by atoms with Gasteiger partial charge in [0.25, 0.3) is 5.91 Å². The van der Waals surface area contributed by atoms with Crippen molar-refractivity contribution in [2.75, 3.05) is 26.4 Å². The molecular formula is C19H25N5O3. The average Bonchev–Trinajstić information content (AvgIpc) is 3.13. The molecule has 4 rings (SSSR count). The summed E-state index contributed by atoms with van der Waals surface area (Å²) in [5.74, 6) is 2.55. The molecule has 2 aromatic rings. The maximum atomic E-state index is 13.1. The maximum absolute atomic E-state index is 13.1. The summed E-state index contributed by atoms with van der Waals surface area (Å²) in [7, 11) is 0. The van der Waals surface area contributed by atoms with Crippen LogP contribution in [0.4, 0.5) is 0 Å². The molecule has 0 unspecified atom stereocenters. The molecule has 8 nitrogen and oxygen atoms in total. The molecule has 1 amide bonds. The van der Waals surface area contributed by atoms with E-state index in [1.165, 1.54) is 0 Å². The molecule has 2 aromatic heterocycles. The van der Waals surface area contributed by atoms with Crippen LogP contribution in [0.2, 0.25) is 0 Å². The first-order chi connectivity index (χ1) is 13.2. The fourth-order valence-electron chi connectivity index (χ4n) is 3.93. The van der Waals surface area contributed by atoms with Gasteiger partial charge in [0.15, 0.2) is 5.82 Å². The number of nitrogens with zero attached hydrogens (tertiary/aromatic N) is 5. The molecule has 0 aliphatic carbocycles. The van der Waals surface area contributed by atoms with Crippen LogP contribution in [0.25, 0.3) is 0 Å².